The van der Waals surface area contributed by atoms with Crippen molar-refractivity contribution in [3.05, 3.63) is 70.5 Å². The number of hydrogen-bond acceptors (Lipinski definition) is 6. The highest BCUT2D eigenvalue weighted by atomic mass is 32.2. The minimum Gasteiger partial charge on any atom is -0.493 e. The van der Waals surface area contributed by atoms with Crippen LogP contribution in [0.4, 0.5) is 13.2 Å². The van der Waals surface area contributed by atoms with Gasteiger partial charge in [-0.3, -0.25) is 14.5 Å². The van der Waals surface area contributed by atoms with Crippen molar-refractivity contribution >= 4 is 17.6 Å². The maximum absolute atomic E-state index is 12.8. The molecule has 0 aliphatic carbocycles. The zero-order valence-corrected chi connectivity index (χ0v) is 16.2. The Morgan fingerprint density at radius 3 is 2.63 bits per heavy atom. The third-order valence-corrected chi connectivity index (χ3v) is 5.10. The molecule has 0 fully saturated rings. The van der Waals surface area contributed by atoms with Crippen LogP contribution in [0.15, 0.2) is 63.5 Å². The first-order valence-corrected chi connectivity index (χ1v) is 9.73. The predicted octanol–water partition coefficient (Wildman–Crippen LogP) is 2.75. The van der Waals surface area contributed by atoms with Gasteiger partial charge in [0.15, 0.2) is 0 Å². The van der Waals surface area contributed by atoms with E-state index in [1.807, 2.05) is 0 Å². The van der Waals surface area contributed by atoms with Gasteiger partial charge in [0, 0.05) is 17.6 Å². The lowest BCUT2D eigenvalue weighted by atomic mass is 10.2. The van der Waals surface area contributed by atoms with Gasteiger partial charge in [-0.1, -0.05) is 0 Å². The minimum absolute atomic E-state index is 0.00836. The highest BCUT2D eigenvalue weighted by Crippen LogP contribution is 2.37. The number of nitrogens with one attached hydrogen (secondary N) is 1. The lowest BCUT2D eigenvalue weighted by Gasteiger charge is -2.07. The zero-order valence-electron chi connectivity index (χ0n) is 15.4. The standard InChI is InChI=1S/C19H16F3N5O2S/c20-19(21,22)30-14-3-1-13(2-4-14)27-16(28)11-26(18(27)29)10-12-5-6-23-15(9-12)17-24-7-8-25-17/h1-6,9,11,28H,7-8,10H2,(H,24,25). The van der Waals surface area contributed by atoms with Crippen LogP contribution >= 0.6 is 11.8 Å². The van der Waals surface area contributed by atoms with Crippen LogP contribution in [0.3, 0.4) is 0 Å². The summed E-state index contributed by atoms with van der Waals surface area (Å²) in [5.74, 6) is 0.383. The van der Waals surface area contributed by atoms with Crippen LogP contribution < -0.4 is 11.0 Å². The number of aromatic hydroxyl groups is 1. The summed E-state index contributed by atoms with van der Waals surface area (Å²) in [5, 5.41) is 13.4. The summed E-state index contributed by atoms with van der Waals surface area (Å²) < 4.78 is 39.8. The fraction of sp³-hybridized carbons (Fsp3) is 0.211. The Morgan fingerprint density at radius 1 is 1.20 bits per heavy atom. The van der Waals surface area contributed by atoms with Crippen molar-refractivity contribution in [1.82, 2.24) is 19.4 Å². The Balaban J connectivity index is 1.59. The first-order valence-electron chi connectivity index (χ1n) is 8.91. The molecule has 7 nitrogen and oxygen atoms in total. The fourth-order valence-corrected chi connectivity index (χ4v) is 3.64. The maximum Gasteiger partial charge on any atom is 0.446 e. The first kappa shape index (κ1) is 20.1. The third kappa shape index (κ3) is 4.35. The number of aliphatic imine (C=N–C) groups is 1. The highest BCUT2D eigenvalue weighted by Gasteiger charge is 2.29. The van der Waals surface area contributed by atoms with Gasteiger partial charge in [-0.25, -0.2) is 9.36 Å². The molecule has 3 heterocycles. The topological polar surface area (TPSA) is 84.4 Å². The average Bonchev–Trinajstić information content (AvgIpc) is 3.31. The van der Waals surface area contributed by atoms with Crippen molar-refractivity contribution in [1.29, 1.82) is 0 Å². The molecular weight excluding hydrogens is 419 g/mol. The molecule has 0 radical (unpaired) electrons. The highest BCUT2D eigenvalue weighted by molar-refractivity contribution is 8.00. The Hall–Kier alpha value is -3.21. The summed E-state index contributed by atoms with van der Waals surface area (Å²) in [6, 6.07) is 8.77. The molecule has 3 aromatic rings. The van der Waals surface area contributed by atoms with E-state index in [4.69, 9.17) is 0 Å². The normalized spacial score (nSPS) is 13.9. The number of thioether (sulfide) groups is 1. The smallest absolute Gasteiger partial charge is 0.446 e. The summed E-state index contributed by atoms with van der Waals surface area (Å²) in [6.07, 6.45) is 2.90. The van der Waals surface area contributed by atoms with Gasteiger partial charge in [-0.15, -0.1) is 0 Å². The monoisotopic (exact) mass is 435 g/mol. The van der Waals surface area contributed by atoms with E-state index in [9.17, 15) is 23.1 Å². The van der Waals surface area contributed by atoms with Gasteiger partial charge in [-0.2, -0.15) is 13.2 Å². The number of halogens is 3. The Morgan fingerprint density at radius 2 is 1.97 bits per heavy atom. The van der Waals surface area contributed by atoms with Crippen molar-refractivity contribution in [2.45, 2.75) is 16.9 Å². The van der Waals surface area contributed by atoms with Crippen molar-refractivity contribution in [2.75, 3.05) is 13.1 Å². The molecule has 156 valence electrons. The molecule has 0 saturated carbocycles. The molecule has 0 spiro atoms. The van der Waals surface area contributed by atoms with E-state index < -0.39 is 11.2 Å². The fourth-order valence-electron chi connectivity index (χ4n) is 3.10. The molecule has 1 aliphatic rings. The number of alkyl halides is 3. The zero-order chi connectivity index (χ0) is 21.3. The second-order valence-electron chi connectivity index (χ2n) is 6.48. The number of amidine groups is 1. The van der Waals surface area contributed by atoms with Gasteiger partial charge >= 0.3 is 11.2 Å². The van der Waals surface area contributed by atoms with Gasteiger partial charge in [0.25, 0.3) is 0 Å². The minimum atomic E-state index is -4.40. The third-order valence-electron chi connectivity index (χ3n) is 4.36. The molecule has 0 amide bonds. The predicted molar refractivity (Wildman–Crippen MR) is 106 cm³/mol. The van der Waals surface area contributed by atoms with E-state index in [0.717, 1.165) is 16.7 Å². The molecule has 4 rings (SSSR count). The SMILES string of the molecule is O=c1n(Cc2ccnc(C3=NCCN3)c2)cc(O)n1-c1ccc(SC(F)(F)F)cc1. The van der Waals surface area contributed by atoms with Crippen LogP contribution in [0.2, 0.25) is 0 Å². The number of pyridine rings is 1. The van der Waals surface area contributed by atoms with E-state index in [0.29, 0.717) is 18.1 Å². The van der Waals surface area contributed by atoms with E-state index in [2.05, 4.69) is 15.3 Å². The van der Waals surface area contributed by atoms with E-state index in [1.54, 1.807) is 18.3 Å². The number of aromatic nitrogens is 3. The number of hydrogen-bond donors (Lipinski definition) is 2. The molecule has 30 heavy (non-hydrogen) atoms. The molecular formula is C19H16F3N5O2S. The molecule has 2 aromatic heterocycles. The molecule has 1 aliphatic heterocycles. The van der Waals surface area contributed by atoms with Crippen molar-refractivity contribution in [3.8, 4) is 11.6 Å². The summed E-state index contributed by atoms with van der Waals surface area (Å²) in [7, 11) is 0. The van der Waals surface area contributed by atoms with Crippen LogP contribution in [-0.2, 0) is 6.54 Å². The Kier molecular flexibility index (Phi) is 5.29. The lowest BCUT2D eigenvalue weighted by molar-refractivity contribution is -0.0328. The molecule has 11 heteroatoms. The van der Waals surface area contributed by atoms with Crippen LogP contribution in [-0.4, -0.2) is 43.7 Å². The largest absolute Gasteiger partial charge is 0.493 e. The maximum atomic E-state index is 12.8. The Bertz CT molecular complexity index is 1150. The Labute approximate surface area is 172 Å². The molecule has 2 N–H and O–H groups in total. The van der Waals surface area contributed by atoms with Crippen LogP contribution in [0.1, 0.15) is 11.3 Å². The van der Waals surface area contributed by atoms with Crippen LogP contribution in [0.5, 0.6) is 5.88 Å². The van der Waals surface area contributed by atoms with Gasteiger partial charge in [0.2, 0.25) is 5.88 Å². The molecule has 0 bridgehead atoms. The number of benzene rings is 1. The van der Waals surface area contributed by atoms with Gasteiger partial charge < -0.3 is 10.4 Å². The van der Waals surface area contributed by atoms with Gasteiger partial charge in [0.1, 0.15) is 11.5 Å². The second-order valence-corrected chi connectivity index (χ2v) is 7.62. The molecule has 0 unspecified atom stereocenters. The van der Waals surface area contributed by atoms with Gasteiger partial charge in [-0.05, 0) is 53.7 Å². The summed E-state index contributed by atoms with van der Waals surface area (Å²) >= 11 is -0.244. The quantitative estimate of drug-likeness (QED) is 0.602. The summed E-state index contributed by atoms with van der Waals surface area (Å²) in [4.78, 5) is 21.4. The lowest BCUT2D eigenvalue weighted by Crippen LogP contribution is -2.24. The van der Waals surface area contributed by atoms with Crippen molar-refractivity contribution in [2.24, 2.45) is 4.99 Å². The molecule has 1 aromatic carbocycles. The number of rotatable bonds is 5. The summed E-state index contributed by atoms with van der Waals surface area (Å²) in [5.41, 5.74) is -3.19. The number of nitrogens with zero attached hydrogens (tertiary/aromatic N) is 4. The van der Waals surface area contributed by atoms with E-state index in [-0.39, 0.29) is 34.8 Å². The molecule has 0 saturated heterocycles. The van der Waals surface area contributed by atoms with Crippen molar-refractivity contribution < 1.29 is 18.3 Å². The van der Waals surface area contributed by atoms with Crippen LogP contribution in [0.25, 0.3) is 5.69 Å². The second kappa shape index (κ2) is 7.90. The number of imidazole rings is 1. The molecule has 0 atom stereocenters. The van der Waals surface area contributed by atoms with Crippen molar-refractivity contribution in [3.63, 3.8) is 0 Å². The first-order chi connectivity index (χ1) is 14.3. The van der Waals surface area contributed by atoms with E-state index in [1.165, 1.54) is 35.0 Å². The summed E-state index contributed by atoms with van der Waals surface area (Å²) in [6.45, 7) is 1.61. The van der Waals surface area contributed by atoms with E-state index >= 15 is 0 Å². The van der Waals surface area contributed by atoms with Crippen LogP contribution in [0, 0.1) is 0 Å². The average molecular weight is 435 g/mol. The van der Waals surface area contributed by atoms with Gasteiger partial charge in [0.05, 0.1) is 25.0 Å².